The lowest BCUT2D eigenvalue weighted by Crippen LogP contribution is -2.36. The SMILES string of the molecule is CCCc1nc2sc3c(c2c(=O)n1C(CC)C(N)=O)CCC(C)C3. The fourth-order valence-corrected chi connectivity index (χ4v) is 5.07. The standard InChI is InChI=1S/C18H25N3O2S/c1-4-6-14-20-17-15(11-8-7-10(3)9-13(11)24-17)18(23)21(14)12(5-2)16(19)22/h10,12H,4-9H2,1-3H3,(H2,19,22). The first kappa shape index (κ1) is 17.1. The number of carbonyl (C=O) groups excluding carboxylic acids is 1. The van der Waals surface area contributed by atoms with E-state index < -0.39 is 11.9 Å². The maximum Gasteiger partial charge on any atom is 0.263 e. The first-order valence-electron chi connectivity index (χ1n) is 8.82. The van der Waals surface area contributed by atoms with E-state index in [9.17, 15) is 9.59 Å². The topological polar surface area (TPSA) is 78.0 Å². The summed E-state index contributed by atoms with van der Waals surface area (Å²) in [5.74, 6) is 0.875. The highest BCUT2D eigenvalue weighted by molar-refractivity contribution is 7.18. The number of amides is 1. The van der Waals surface area contributed by atoms with Crippen molar-refractivity contribution >= 4 is 27.5 Å². The van der Waals surface area contributed by atoms with Gasteiger partial charge in [-0.05, 0) is 43.6 Å². The van der Waals surface area contributed by atoms with Crippen molar-refractivity contribution in [3.8, 4) is 0 Å². The molecule has 2 N–H and O–H groups in total. The summed E-state index contributed by atoms with van der Waals surface area (Å²) in [6.45, 7) is 6.18. The van der Waals surface area contributed by atoms with Gasteiger partial charge in [-0.25, -0.2) is 4.98 Å². The van der Waals surface area contributed by atoms with E-state index >= 15 is 0 Å². The van der Waals surface area contributed by atoms with Crippen molar-refractivity contribution in [1.82, 2.24) is 9.55 Å². The second kappa shape index (κ2) is 6.67. The largest absolute Gasteiger partial charge is 0.368 e. The predicted octanol–water partition coefficient (Wildman–Crippen LogP) is 2.97. The Morgan fingerprint density at radius 3 is 2.83 bits per heavy atom. The van der Waals surface area contributed by atoms with Crippen LogP contribution >= 0.6 is 11.3 Å². The van der Waals surface area contributed by atoms with Gasteiger partial charge in [-0.3, -0.25) is 14.2 Å². The third-order valence-electron chi connectivity index (χ3n) is 4.93. The molecule has 6 heteroatoms. The Hall–Kier alpha value is -1.69. The zero-order valence-corrected chi connectivity index (χ0v) is 15.4. The molecule has 2 aromatic rings. The molecule has 0 saturated carbocycles. The molecular formula is C18H25N3O2S. The van der Waals surface area contributed by atoms with Crippen molar-refractivity contribution in [3.05, 3.63) is 26.6 Å². The zero-order chi connectivity index (χ0) is 17.4. The highest BCUT2D eigenvalue weighted by Crippen LogP contribution is 2.36. The number of primary amides is 1. The van der Waals surface area contributed by atoms with E-state index in [1.165, 1.54) is 4.88 Å². The summed E-state index contributed by atoms with van der Waals surface area (Å²) in [4.78, 5) is 32.1. The van der Waals surface area contributed by atoms with Gasteiger partial charge in [0.2, 0.25) is 5.91 Å². The van der Waals surface area contributed by atoms with Crippen LogP contribution in [0.5, 0.6) is 0 Å². The molecule has 2 heterocycles. The van der Waals surface area contributed by atoms with Crippen LogP contribution in [0.15, 0.2) is 4.79 Å². The number of fused-ring (bicyclic) bond motifs is 3. The molecule has 0 aromatic carbocycles. The van der Waals surface area contributed by atoms with Gasteiger partial charge in [0.05, 0.1) is 5.39 Å². The quantitative estimate of drug-likeness (QED) is 0.903. The Morgan fingerprint density at radius 1 is 1.46 bits per heavy atom. The van der Waals surface area contributed by atoms with Gasteiger partial charge < -0.3 is 5.73 Å². The number of nitrogens with two attached hydrogens (primary N) is 1. The van der Waals surface area contributed by atoms with Crippen LogP contribution in [-0.2, 0) is 24.1 Å². The lowest BCUT2D eigenvalue weighted by molar-refractivity contribution is -0.121. The van der Waals surface area contributed by atoms with Crippen molar-refractivity contribution in [2.24, 2.45) is 11.7 Å². The summed E-state index contributed by atoms with van der Waals surface area (Å²) in [6.07, 6.45) is 5.09. The van der Waals surface area contributed by atoms with Crippen molar-refractivity contribution < 1.29 is 4.79 Å². The fraction of sp³-hybridized carbons (Fsp3) is 0.611. The maximum atomic E-state index is 13.3. The van der Waals surface area contributed by atoms with E-state index in [0.29, 0.717) is 24.6 Å². The zero-order valence-electron chi connectivity index (χ0n) is 14.6. The first-order valence-corrected chi connectivity index (χ1v) is 9.64. The second-order valence-electron chi connectivity index (χ2n) is 6.81. The van der Waals surface area contributed by atoms with E-state index in [4.69, 9.17) is 10.7 Å². The summed E-state index contributed by atoms with van der Waals surface area (Å²) in [5.41, 5.74) is 6.64. The molecule has 0 aliphatic heterocycles. The van der Waals surface area contributed by atoms with Gasteiger partial charge in [0.15, 0.2) is 0 Å². The highest BCUT2D eigenvalue weighted by Gasteiger charge is 2.27. The lowest BCUT2D eigenvalue weighted by atomic mass is 9.89. The van der Waals surface area contributed by atoms with Crippen LogP contribution < -0.4 is 11.3 Å². The van der Waals surface area contributed by atoms with Crippen molar-refractivity contribution in [2.45, 2.75) is 65.3 Å². The molecule has 2 unspecified atom stereocenters. The van der Waals surface area contributed by atoms with Gasteiger partial charge in [0, 0.05) is 11.3 Å². The van der Waals surface area contributed by atoms with Crippen molar-refractivity contribution in [1.29, 1.82) is 0 Å². The van der Waals surface area contributed by atoms with E-state index in [2.05, 4.69) is 6.92 Å². The fourth-order valence-electron chi connectivity index (χ4n) is 3.68. The summed E-state index contributed by atoms with van der Waals surface area (Å²) in [6, 6.07) is -0.617. The molecule has 0 bridgehead atoms. The molecular weight excluding hydrogens is 322 g/mol. The van der Waals surface area contributed by atoms with E-state index in [1.54, 1.807) is 15.9 Å². The van der Waals surface area contributed by atoms with Gasteiger partial charge in [-0.2, -0.15) is 0 Å². The van der Waals surface area contributed by atoms with Crippen LogP contribution in [0.25, 0.3) is 10.2 Å². The van der Waals surface area contributed by atoms with E-state index in [1.807, 2.05) is 13.8 Å². The molecule has 0 saturated heterocycles. The molecule has 0 spiro atoms. The highest BCUT2D eigenvalue weighted by atomic mass is 32.1. The van der Waals surface area contributed by atoms with Crippen molar-refractivity contribution in [2.75, 3.05) is 0 Å². The average Bonchev–Trinajstić information content (AvgIpc) is 2.88. The molecule has 130 valence electrons. The van der Waals surface area contributed by atoms with Crippen LogP contribution in [0.2, 0.25) is 0 Å². The van der Waals surface area contributed by atoms with Crippen LogP contribution in [-0.4, -0.2) is 15.5 Å². The van der Waals surface area contributed by atoms with Crippen LogP contribution in [0.1, 0.15) is 62.3 Å². The Labute approximate surface area is 145 Å². The van der Waals surface area contributed by atoms with E-state index in [-0.39, 0.29) is 5.56 Å². The Balaban J connectivity index is 2.29. The number of hydrogen-bond acceptors (Lipinski definition) is 4. The molecule has 0 radical (unpaired) electrons. The smallest absolute Gasteiger partial charge is 0.263 e. The molecule has 2 atom stereocenters. The summed E-state index contributed by atoms with van der Waals surface area (Å²) < 4.78 is 1.57. The molecule has 24 heavy (non-hydrogen) atoms. The Morgan fingerprint density at radius 2 is 2.21 bits per heavy atom. The first-order chi connectivity index (χ1) is 11.5. The minimum Gasteiger partial charge on any atom is -0.368 e. The molecule has 1 aliphatic rings. The monoisotopic (exact) mass is 347 g/mol. The van der Waals surface area contributed by atoms with Crippen LogP contribution in [0, 0.1) is 5.92 Å². The van der Waals surface area contributed by atoms with Crippen LogP contribution in [0.3, 0.4) is 0 Å². The van der Waals surface area contributed by atoms with Gasteiger partial charge in [0.1, 0.15) is 16.7 Å². The number of nitrogens with zero attached hydrogens (tertiary/aromatic N) is 2. The molecule has 1 aliphatic carbocycles. The molecule has 3 rings (SSSR count). The number of carbonyl (C=O) groups is 1. The molecule has 2 aromatic heterocycles. The minimum absolute atomic E-state index is 0.0823. The molecule has 1 amide bonds. The van der Waals surface area contributed by atoms with Gasteiger partial charge in [-0.1, -0.05) is 20.8 Å². The van der Waals surface area contributed by atoms with E-state index in [0.717, 1.165) is 41.5 Å². The third-order valence-corrected chi connectivity index (χ3v) is 6.08. The third kappa shape index (κ3) is 2.77. The lowest BCUT2D eigenvalue weighted by Gasteiger charge is -2.20. The van der Waals surface area contributed by atoms with Crippen LogP contribution in [0.4, 0.5) is 0 Å². The minimum atomic E-state index is -0.617. The van der Waals surface area contributed by atoms with Gasteiger partial charge >= 0.3 is 0 Å². The Kier molecular flexibility index (Phi) is 4.76. The number of thiophene rings is 1. The number of aromatic nitrogens is 2. The second-order valence-corrected chi connectivity index (χ2v) is 7.90. The number of aryl methyl sites for hydroxylation is 2. The number of rotatable bonds is 5. The molecule has 5 nitrogen and oxygen atoms in total. The van der Waals surface area contributed by atoms with Crippen molar-refractivity contribution in [3.63, 3.8) is 0 Å². The summed E-state index contributed by atoms with van der Waals surface area (Å²) in [7, 11) is 0. The maximum absolute atomic E-state index is 13.3. The van der Waals surface area contributed by atoms with Gasteiger partial charge in [-0.15, -0.1) is 11.3 Å². The average molecular weight is 347 g/mol. The normalized spacial score (nSPS) is 18.5. The summed E-state index contributed by atoms with van der Waals surface area (Å²) in [5, 5.41) is 0.724. The predicted molar refractivity (Wildman–Crippen MR) is 97.6 cm³/mol. The number of hydrogen-bond donors (Lipinski definition) is 1. The Bertz CT molecular complexity index is 837. The van der Waals surface area contributed by atoms with Gasteiger partial charge in [0.25, 0.3) is 5.56 Å². The summed E-state index contributed by atoms with van der Waals surface area (Å²) >= 11 is 1.65. The molecule has 0 fully saturated rings.